The minimum atomic E-state index is -3.58. The summed E-state index contributed by atoms with van der Waals surface area (Å²) in [6.45, 7) is 4.63. The molecule has 2 aromatic rings. The SMILES string of the molecule is O=C(c1sccc1S(=O)(=O)N1CCCC1)N1CCN(Cc2ccc(Cl)s2)CC1. The van der Waals surface area contributed by atoms with Gasteiger partial charge in [-0.3, -0.25) is 9.69 Å². The number of hydrogen-bond acceptors (Lipinski definition) is 6. The maximum absolute atomic E-state index is 13.0. The van der Waals surface area contributed by atoms with Crippen LogP contribution in [0.5, 0.6) is 0 Å². The summed E-state index contributed by atoms with van der Waals surface area (Å²) in [6.07, 6.45) is 1.76. The second-order valence-corrected chi connectivity index (χ2v) is 11.6. The normalized spacial score (nSPS) is 19.4. The lowest BCUT2D eigenvalue weighted by molar-refractivity contribution is 0.0631. The van der Waals surface area contributed by atoms with Gasteiger partial charge in [0.15, 0.2) is 0 Å². The van der Waals surface area contributed by atoms with Gasteiger partial charge >= 0.3 is 0 Å². The molecule has 0 N–H and O–H groups in total. The summed E-state index contributed by atoms with van der Waals surface area (Å²) < 4.78 is 28.1. The van der Waals surface area contributed by atoms with Crippen LogP contribution in [0.3, 0.4) is 0 Å². The molecule has 0 atom stereocenters. The van der Waals surface area contributed by atoms with Crippen LogP contribution < -0.4 is 0 Å². The minimum Gasteiger partial charge on any atom is -0.335 e. The van der Waals surface area contributed by atoms with E-state index in [9.17, 15) is 13.2 Å². The molecule has 0 unspecified atom stereocenters. The molecule has 0 spiro atoms. The highest BCUT2D eigenvalue weighted by molar-refractivity contribution is 7.89. The molecule has 0 saturated carbocycles. The lowest BCUT2D eigenvalue weighted by Gasteiger charge is -2.34. The number of amides is 1. The van der Waals surface area contributed by atoms with E-state index in [-0.39, 0.29) is 10.8 Å². The highest BCUT2D eigenvalue weighted by atomic mass is 35.5. The summed E-state index contributed by atoms with van der Waals surface area (Å²) in [6, 6.07) is 5.51. The number of rotatable bonds is 5. The van der Waals surface area contributed by atoms with Gasteiger partial charge < -0.3 is 4.90 Å². The van der Waals surface area contributed by atoms with Crippen LogP contribution in [0.2, 0.25) is 4.34 Å². The van der Waals surface area contributed by atoms with Crippen molar-refractivity contribution in [3.63, 3.8) is 0 Å². The standard InChI is InChI=1S/C18H22ClN3O3S3/c19-16-4-3-14(27-16)13-20-8-10-21(11-9-20)18(23)17-15(5-12-26-17)28(24,25)22-6-1-2-7-22/h3-5,12H,1-2,6-11,13H2. The molecular formula is C18H22ClN3O3S3. The molecular weight excluding hydrogens is 438 g/mol. The van der Waals surface area contributed by atoms with Crippen LogP contribution in [-0.4, -0.2) is 67.7 Å². The van der Waals surface area contributed by atoms with Crippen molar-refractivity contribution in [1.29, 1.82) is 0 Å². The van der Waals surface area contributed by atoms with Crippen molar-refractivity contribution in [2.45, 2.75) is 24.3 Å². The first-order chi connectivity index (χ1) is 13.4. The van der Waals surface area contributed by atoms with Crippen LogP contribution in [0.25, 0.3) is 0 Å². The third-order valence-electron chi connectivity index (χ3n) is 5.17. The number of piperazine rings is 1. The summed E-state index contributed by atoms with van der Waals surface area (Å²) in [7, 11) is -3.58. The summed E-state index contributed by atoms with van der Waals surface area (Å²) in [5.41, 5.74) is 0. The van der Waals surface area contributed by atoms with E-state index in [1.165, 1.54) is 20.5 Å². The van der Waals surface area contributed by atoms with E-state index >= 15 is 0 Å². The smallest absolute Gasteiger partial charge is 0.265 e. The zero-order valence-corrected chi connectivity index (χ0v) is 18.5. The number of carbonyl (C=O) groups is 1. The van der Waals surface area contributed by atoms with Gasteiger partial charge in [-0.1, -0.05) is 11.6 Å². The highest BCUT2D eigenvalue weighted by Crippen LogP contribution is 2.29. The second-order valence-electron chi connectivity index (χ2n) is 7.00. The Morgan fingerprint density at radius 2 is 1.75 bits per heavy atom. The van der Waals surface area contributed by atoms with Crippen molar-refractivity contribution in [2.24, 2.45) is 0 Å². The number of thiophene rings is 2. The maximum atomic E-state index is 13.0. The molecule has 2 aliphatic rings. The van der Waals surface area contributed by atoms with Gasteiger partial charge in [-0.05, 0) is 36.4 Å². The van der Waals surface area contributed by atoms with Gasteiger partial charge in [0.05, 0.1) is 4.34 Å². The lowest BCUT2D eigenvalue weighted by Crippen LogP contribution is -2.48. The van der Waals surface area contributed by atoms with Gasteiger partial charge in [0, 0.05) is 50.7 Å². The largest absolute Gasteiger partial charge is 0.335 e. The van der Waals surface area contributed by atoms with E-state index in [0.29, 0.717) is 31.1 Å². The van der Waals surface area contributed by atoms with E-state index < -0.39 is 10.0 Å². The number of sulfonamides is 1. The molecule has 4 rings (SSSR count). The number of hydrogen-bond donors (Lipinski definition) is 0. The molecule has 0 aliphatic carbocycles. The number of carbonyl (C=O) groups excluding carboxylic acids is 1. The molecule has 10 heteroatoms. The maximum Gasteiger partial charge on any atom is 0.265 e. The van der Waals surface area contributed by atoms with Crippen LogP contribution in [0.4, 0.5) is 0 Å². The highest BCUT2D eigenvalue weighted by Gasteiger charge is 2.33. The first-order valence-corrected chi connectivity index (χ1v) is 12.8. The van der Waals surface area contributed by atoms with Gasteiger partial charge in [0.25, 0.3) is 5.91 Å². The predicted molar refractivity (Wildman–Crippen MR) is 113 cm³/mol. The van der Waals surface area contributed by atoms with Gasteiger partial charge in [-0.15, -0.1) is 22.7 Å². The minimum absolute atomic E-state index is 0.167. The van der Waals surface area contributed by atoms with Crippen LogP contribution in [0, 0.1) is 0 Å². The summed E-state index contributed by atoms with van der Waals surface area (Å²) in [5, 5.41) is 1.70. The fourth-order valence-electron chi connectivity index (χ4n) is 3.63. The van der Waals surface area contributed by atoms with E-state index in [0.717, 1.165) is 36.8 Å². The Balaban J connectivity index is 1.41. The Morgan fingerprint density at radius 1 is 1.04 bits per heavy atom. The lowest BCUT2D eigenvalue weighted by atomic mass is 10.3. The molecule has 1 amide bonds. The average molecular weight is 460 g/mol. The van der Waals surface area contributed by atoms with Crippen LogP contribution in [0.1, 0.15) is 27.4 Å². The van der Waals surface area contributed by atoms with Gasteiger partial charge in [0.1, 0.15) is 9.77 Å². The van der Waals surface area contributed by atoms with Crippen molar-refractivity contribution in [1.82, 2.24) is 14.1 Å². The summed E-state index contributed by atoms with van der Waals surface area (Å²) in [5.74, 6) is -0.174. The molecule has 4 heterocycles. The average Bonchev–Trinajstić information content (AvgIpc) is 3.44. The molecule has 2 aromatic heterocycles. The van der Waals surface area contributed by atoms with Crippen molar-refractivity contribution in [3.05, 3.63) is 37.7 Å². The van der Waals surface area contributed by atoms with Crippen molar-refractivity contribution in [3.8, 4) is 0 Å². The van der Waals surface area contributed by atoms with Gasteiger partial charge in [0.2, 0.25) is 10.0 Å². The second kappa shape index (κ2) is 8.41. The van der Waals surface area contributed by atoms with E-state index in [4.69, 9.17) is 11.6 Å². The molecule has 6 nitrogen and oxygen atoms in total. The van der Waals surface area contributed by atoms with Gasteiger partial charge in [-0.25, -0.2) is 8.42 Å². The Hall–Kier alpha value is -0.970. The molecule has 0 bridgehead atoms. The Labute approximate surface area is 178 Å². The molecule has 2 fully saturated rings. The summed E-state index contributed by atoms with van der Waals surface area (Å²) in [4.78, 5) is 18.8. The van der Waals surface area contributed by atoms with Crippen molar-refractivity contribution >= 4 is 50.2 Å². The van der Waals surface area contributed by atoms with Crippen LogP contribution in [-0.2, 0) is 16.6 Å². The molecule has 2 aliphatic heterocycles. The van der Waals surface area contributed by atoms with Crippen molar-refractivity contribution < 1.29 is 13.2 Å². The first-order valence-electron chi connectivity index (χ1n) is 9.28. The van der Waals surface area contributed by atoms with E-state index in [2.05, 4.69) is 4.90 Å². The third kappa shape index (κ3) is 4.15. The molecule has 28 heavy (non-hydrogen) atoms. The zero-order chi connectivity index (χ0) is 19.7. The molecule has 2 saturated heterocycles. The zero-order valence-electron chi connectivity index (χ0n) is 15.3. The van der Waals surface area contributed by atoms with Crippen LogP contribution >= 0.6 is 34.3 Å². The number of halogens is 1. The quantitative estimate of drug-likeness (QED) is 0.688. The third-order valence-corrected chi connectivity index (χ3v) is 9.36. The molecule has 0 radical (unpaired) electrons. The Kier molecular flexibility index (Phi) is 6.10. The fourth-order valence-corrected chi connectivity index (χ4v) is 7.64. The Bertz CT molecular complexity index is 942. The first kappa shape index (κ1) is 20.3. The molecule has 152 valence electrons. The van der Waals surface area contributed by atoms with E-state index in [1.807, 2.05) is 12.1 Å². The van der Waals surface area contributed by atoms with Crippen LogP contribution in [0.15, 0.2) is 28.5 Å². The molecule has 0 aromatic carbocycles. The number of nitrogens with zero attached hydrogens (tertiary/aromatic N) is 3. The van der Waals surface area contributed by atoms with E-state index in [1.54, 1.807) is 27.7 Å². The Morgan fingerprint density at radius 3 is 2.39 bits per heavy atom. The topological polar surface area (TPSA) is 60.9 Å². The fraction of sp³-hybridized carbons (Fsp3) is 0.500. The predicted octanol–water partition coefficient (Wildman–Crippen LogP) is 3.21. The summed E-state index contributed by atoms with van der Waals surface area (Å²) >= 11 is 8.79. The van der Waals surface area contributed by atoms with Gasteiger partial charge in [-0.2, -0.15) is 4.31 Å². The van der Waals surface area contributed by atoms with Crippen molar-refractivity contribution in [2.75, 3.05) is 39.3 Å². The monoisotopic (exact) mass is 459 g/mol.